The van der Waals surface area contributed by atoms with Crippen molar-refractivity contribution in [3.63, 3.8) is 0 Å². The number of nitrogens with zero attached hydrogens (tertiary/aromatic N) is 3. The number of hydrazine groups is 1. The van der Waals surface area contributed by atoms with E-state index in [9.17, 15) is 0 Å². The molecule has 0 unspecified atom stereocenters. The van der Waals surface area contributed by atoms with Crippen molar-refractivity contribution in [3.8, 4) is 0 Å². The Hall–Kier alpha value is -2.38. The van der Waals surface area contributed by atoms with E-state index < -0.39 is 0 Å². The first-order chi connectivity index (χ1) is 9.67. The molecule has 0 spiro atoms. The molecular weight excluding hydrogens is 278 g/mol. The molecule has 2 aromatic heterocycles. The van der Waals surface area contributed by atoms with E-state index in [1.165, 1.54) is 0 Å². The minimum absolute atomic E-state index is 0.285. The first-order valence-corrected chi connectivity index (χ1v) is 6.26. The standard InChI is InChI=1S/C12H12ClN7/c1-6-2-3-9(8(13)4-6)16-10-7-5-15-20-11(7)18-12(17-10)19-14/h2-5H,14H2,1H3,(H3,15,16,17,18,19,20). The van der Waals surface area contributed by atoms with Gasteiger partial charge in [-0.3, -0.25) is 10.5 Å². The molecule has 3 rings (SSSR count). The number of aryl methyl sites for hydroxylation is 1. The summed E-state index contributed by atoms with van der Waals surface area (Å²) in [4.78, 5) is 8.43. The minimum atomic E-state index is 0.285. The summed E-state index contributed by atoms with van der Waals surface area (Å²) in [6.45, 7) is 1.98. The van der Waals surface area contributed by atoms with Crippen LogP contribution >= 0.6 is 11.6 Å². The molecule has 0 saturated carbocycles. The molecule has 0 amide bonds. The van der Waals surface area contributed by atoms with Crippen LogP contribution in [0.2, 0.25) is 5.02 Å². The van der Waals surface area contributed by atoms with Crippen molar-refractivity contribution in [3.05, 3.63) is 35.0 Å². The summed E-state index contributed by atoms with van der Waals surface area (Å²) in [5.41, 5.74) is 4.83. The third kappa shape index (κ3) is 2.24. The van der Waals surface area contributed by atoms with Crippen LogP contribution in [-0.2, 0) is 0 Å². The molecule has 1 aromatic carbocycles. The Morgan fingerprint density at radius 2 is 2.15 bits per heavy atom. The van der Waals surface area contributed by atoms with Crippen LogP contribution in [0.3, 0.4) is 0 Å². The number of aromatic nitrogens is 4. The lowest BCUT2D eigenvalue weighted by Gasteiger charge is -2.10. The van der Waals surface area contributed by atoms with Crippen molar-refractivity contribution >= 4 is 40.1 Å². The molecule has 0 radical (unpaired) electrons. The number of H-pyrrole nitrogens is 1. The summed E-state index contributed by atoms with van der Waals surface area (Å²) in [6, 6.07) is 5.73. The van der Waals surface area contributed by atoms with Crippen LogP contribution < -0.4 is 16.6 Å². The number of nitrogens with two attached hydrogens (primary N) is 1. The largest absolute Gasteiger partial charge is 0.338 e. The average molecular weight is 290 g/mol. The third-order valence-electron chi connectivity index (χ3n) is 2.82. The van der Waals surface area contributed by atoms with Gasteiger partial charge in [-0.2, -0.15) is 15.1 Å². The number of hydrogen-bond acceptors (Lipinski definition) is 6. The summed E-state index contributed by atoms with van der Waals surface area (Å²) in [5.74, 6) is 6.21. The lowest BCUT2D eigenvalue weighted by atomic mass is 10.2. The lowest BCUT2D eigenvalue weighted by molar-refractivity contribution is 1.08. The maximum Gasteiger partial charge on any atom is 0.241 e. The zero-order valence-corrected chi connectivity index (χ0v) is 11.4. The van der Waals surface area contributed by atoms with Gasteiger partial charge in [0, 0.05) is 0 Å². The monoisotopic (exact) mass is 289 g/mol. The summed E-state index contributed by atoms with van der Waals surface area (Å²) in [6.07, 6.45) is 1.64. The second kappa shape index (κ2) is 4.95. The highest BCUT2D eigenvalue weighted by Gasteiger charge is 2.10. The summed E-state index contributed by atoms with van der Waals surface area (Å²) < 4.78 is 0. The molecule has 0 bridgehead atoms. The van der Waals surface area contributed by atoms with Crippen molar-refractivity contribution < 1.29 is 0 Å². The van der Waals surface area contributed by atoms with E-state index in [0.717, 1.165) is 16.6 Å². The van der Waals surface area contributed by atoms with Crippen molar-refractivity contribution in [2.75, 3.05) is 10.7 Å². The molecular formula is C12H12ClN7. The maximum absolute atomic E-state index is 6.21. The number of rotatable bonds is 3. The normalized spacial score (nSPS) is 10.8. The Kier molecular flexibility index (Phi) is 3.13. The van der Waals surface area contributed by atoms with E-state index in [4.69, 9.17) is 17.4 Å². The van der Waals surface area contributed by atoms with Gasteiger partial charge in [0.25, 0.3) is 0 Å². The summed E-state index contributed by atoms with van der Waals surface area (Å²) in [7, 11) is 0. The maximum atomic E-state index is 6.21. The number of halogens is 1. The molecule has 102 valence electrons. The predicted molar refractivity (Wildman–Crippen MR) is 79.0 cm³/mol. The van der Waals surface area contributed by atoms with Crippen LogP contribution in [0.15, 0.2) is 24.4 Å². The quantitative estimate of drug-likeness (QED) is 0.436. The molecule has 0 saturated heterocycles. The van der Waals surface area contributed by atoms with Crippen molar-refractivity contribution in [2.24, 2.45) is 5.84 Å². The van der Waals surface area contributed by atoms with Gasteiger partial charge < -0.3 is 5.32 Å². The van der Waals surface area contributed by atoms with Crippen LogP contribution in [0.25, 0.3) is 11.0 Å². The number of nitrogen functional groups attached to an aromatic ring is 1. The highest BCUT2D eigenvalue weighted by Crippen LogP contribution is 2.28. The molecule has 8 heteroatoms. The zero-order valence-electron chi connectivity index (χ0n) is 10.6. The fraction of sp³-hybridized carbons (Fsp3) is 0.0833. The van der Waals surface area contributed by atoms with E-state index >= 15 is 0 Å². The van der Waals surface area contributed by atoms with Gasteiger partial charge in [0.05, 0.1) is 22.3 Å². The van der Waals surface area contributed by atoms with Gasteiger partial charge in [0.15, 0.2) is 5.65 Å². The first kappa shape index (κ1) is 12.6. The summed E-state index contributed by atoms with van der Waals surface area (Å²) >= 11 is 6.21. The van der Waals surface area contributed by atoms with Crippen LogP contribution in [0.5, 0.6) is 0 Å². The second-order valence-corrected chi connectivity index (χ2v) is 4.69. The molecule has 0 aliphatic carbocycles. The lowest BCUT2D eigenvalue weighted by Crippen LogP contribution is -2.11. The number of anilines is 3. The molecule has 2 heterocycles. The number of nitrogens with one attached hydrogen (secondary N) is 3. The highest BCUT2D eigenvalue weighted by atomic mass is 35.5. The van der Waals surface area contributed by atoms with Gasteiger partial charge in [0.1, 0.15) is 5.82 Å². The topological polar surface area (TPSA) is 105 Å². The Morgan fingerprint density at radius 3 is 2.90 bits per heavy atom. The smallest absolute Gasteiger partial charge is 0.241 e. The SMILES string of the molecule is Cc1ccc(Nc2nc(NN)nc3[nH]ncc23)c(Cl)c1. The first-order valence-electron chi connectivity index (χ1n) is 5.88. The van der Waals surface area contributed by atoms with Gasteiger partial charge in [-0.05, 0) is 24.6 Å². The average Bonchev–Trinajstić information content (AvgIpc) is 2.90. The molecule has 0 aliphatic heterocycles. The Labute approximate surface area is 119 Å². The van der Waals surface area contributed by atoms with Crippen LogP contribution in [0.1, 0.15) is 5.56 Å². The van der Waals surface area contributed by atoms with Crippen molar-refractivity contribution in [2.45, 2.75) is 6.92 Å². The Morgan fingerprint density at radius 1 is 1.30 bits per heavy atom. The molecule has 0 aliphatic rings. The molecule has 7 nitrogen and oxygen atoms in total. The minimum Gasteiger partial charge on any atom is -0.338 e. The van der Waals surface area contributed by atoms with Gasteiger partial charge in [-0.15, -0.1) is 0 Å². The van der Waals surface area contributed by atoms with Crippen LogP contribution in [0, 0.1) is 6.92 Å². The van der Waals surface area contributed by atoms with Crippen molar-refractivity contribution in [1.82, 2.24) is 20.2 Å². The predicted octanol–water partition coefficient (Wildman–Crippen LogP) is 2.34. The summed E-state index contributed by atoms with van der Waals surface area (Å²) in [5, 5.41) is 11.2. The van der Waals surface area contributed by atoms with Gasteiger partial charge in [0.2, 0.25) is 5.95 Å². The Balaban J connectivity index is 2.07. The molecule has 0 atom stereocenters. The van der Waals surface area contributed by atoms with E-state index in [2.05, 4.69) is 30.9 Å². The van der Waals surface area contributed by atoms with E-state index in [1.54, 1.807) is 6.20 Å². The molecule has 0 fully saturated rings. The zero-order chi connectivity index (χ0) is 14.1. The fourth-order valence-electron chi connectivity index (χ4n) is 1.84. The van der Waals surface area contributed by atoms with Crippen LogP contribution in [-0.4, -0.2) is 20.2 Å². The molecule has 20 heavy (non-hydrogen) atoms. The van der Waals surface area contributed by atoms with E-state index in [0.29, 0.717) is 16.5 Å². The van der Waals surface area contributed by atoms with Gasteiger partial charge in [-0.25, -0.2) is 5.84 Å². The number of benzene rings is 1. The van der Waals surface area contributed by atoms with E-state index in [1.807, 2.05) is 25.1 Å². The van der Waals surface area contributed by atoms with E-state index in [-0.39, 0.29) is 5.95 Å². The number of fused-ring (bicyclic) bond motifs is 1. The van der Waals surface area contributed by atoms with Crippen LogP contribution in [0.4, 0.5) is 17.5 Å². The van der Waals surface area contributed by atoms with Gasteiger partial charge >= 0.3 is 0 Å². The van der Waals surface area contributed by atoms with Crippen molar-refractivity contribution in [1.29, 1.82) is 0 Å². The number of hydrogen-bond donors (Lipinski definition) is 4. The second-order valence-electron chi connectivity index (χ2n) is 4.28. The number of aromatic amines is 1. The van der Waals surface area contributed by atoms with Gasteiger partial charge in [-0.1, -0.05) is 17.7 Å². The fourth-order valence-corrected chi connectivity index (χ4v) is 2.13. The third-order valence-corrected chi connectivity index (χ3v) is 3.13. The highest BCUT2D eigenvalue weighted by molar-refractivity contribution is 6.33. The Bertz CT molecular complexity index is 768. The molecule has 5 N–H and O–H groups in total. The molecule has 3 aromatic rings.